The molecule has 0 heterocycles. The van der Waals surface area contributed by atoms with Gasteiger partial charge in [-0.2, -0.15) is 0 Å². The average Bonchev–Trinajstić information content (AvgIpc) is 2.80. The van der Waals surface area contributed by atoms with Crippen LogP contribution < -0.4 is 15.4 Å². The van der Waals surface area contributed by atoms with E-state index in [1.54, 1.807) is 38.3 Å². The van der Waals surface area contributed by atoms with Gasteiger partial charge in [0.05, 0.1) is 26.7 Å². The number of methoxy groups -OCH3 is 2. The Labute approximate surface area is 187 Å². The van der Waals surface area contributed by atoms with Crippen molar-refractivity contribution < 1.29 is 29.0 Å². The second kappa shape index (κ2) is 12.5. The number of hydrogen-bond donors (Lipinski definition) is 3. The third kappa shape index (κ3) is 7.39. The standard InChI is InChI=1S/C24H30N2O6/c1-16(24(30)32-3)26-20-12-5-4-11-19(20)23(29)21(15-22(27)28)25-13-7-9-17-8-6-10-18(14-17)31-2/h4-6,8,10-12,14,16,21,25-26H,7,9,13,15H2,1-3H3,(H,27,28)/t16?,21-/m0/s1. The number of carboxylic acid groups (broad SMARTS) is 1. The van der Waals surface area contributed by atoms with E-state index < -0.39 is 24.0 Å². The molecular formula is C24H30N2O6. The first-order valence-corrected chi connectivity index (χ1v) is 10.4. The van der Waals surface area contributed by atoms with Gasteiger partial charge in [-0.3, -0.25) is 9.59 Å². The molecule has 0 radical (unpaired) electrons. The van der Waals surface area contributed by atoms with Gasteiger partial charge in [0.25, 0.3) is 0 Å². The minimum Gasteiger partial charge on any atom is -0.497 e. The van der Waals surface area contributed by atoms with Crippen LogP contribution in [-0.2, 0) is 20.7 Å². The maximum Gasteiger partial charge on any atom is 0.327 e. The van der Waals surface area contributed by atoms with E-state index in [1.165, 1.54) is 7.11 Å². The fourth-order valence-electron chi connectivity index (χ4n) is 3.31. The van der Waals surface area contributed by atoms with Crippen LogP contribution >= 0.6 is 0 Å². The van der Waals surface area contributed by atoms with Gasteiger partial charge in [-0.25, -0.2) is 4.79 Å². The Balaban J connectivity index is 2.06. The lowest BCUT2D eigenvalue weighted by molar-refractivity contribution is -0.141. The summed E-state index contributed by atoms with van der Waals surface area (Å²) in [5, 5.41) is 15.4. The molecule has 8 nitrogen and oxygen atoms in total. The van der Waals surface area contributed by atoms with Gasteiger partial charge >= 0.3 is 11.9 Å². The number of anilines is 1. The number of para-hydroxylation sites is 1. The molecule has 0 amide bonds. The summed E-state index contributed by atoms with van der Waals surface area (Å²) >= 11 is 0. The number of esters is 1. The highest BCUT2D eigenvalue weighted by atomic mass is 16.5. The van der Waals surface area contributed by atoms with Gasteiger partial charge < -0.3 is 25.2 Å². The summed E-state index contributed by atoms with van der Waals surface area (Å²) < 4.78 is 9.94. The van der Waals surface area contributed by atoms with Crippen LogP contribution in [-0.4, -0.2) is 55.7 Å². The number of aryl methyl sites for hydroxylation is 1. The molecule has 2 rings (SSSR count). The number of carbonyl (C=O) groups excluding carboxylic acids is 2. The maximum absolute atomic E-state index is 13.2. The Morgan fingerprint density at radius 3 is 2.50 bits per heavy atom. The number of ether oxygens (including phenoxy) is 2. The van der Waals surface area contributed by atoms with E-state index in [-0.39, 0.29) is 12.2 Å². The van der Waals surface area contributed by atoms with Crippen molar-refractivity contribution in [3.05, 3.63) is 59.7 Å². The van der Waals surface area contributed by atoms with Crippen LogP contribution in [0.2, 0.25) is 0 Å². The van der Waals surface area contributed by atoms with Gasteiger partial charge in [-0.15, -0.1) is 0 Å². The van der Waals surface area contributed by atoms with E-state index >= 15 is 0 Å². The molecule has 32 heavy (non-hydrogen) atoms. The summed E-state index contributed by atoms with van der Waals surface area (Å²) in [4.78, 5) is 36.3. The number of ketones is 1. The molecule has 2 aromatic carbocycles. The summed E-state index contributed by atoms with van der Waals surface area (Å²) in [7, 11) is 2.90. The molecule has 1 unspecified atom stereocenters. The lowest BCUT2D eigenvalue weighted by Crippen LogP contribution is -2.40. The molecule has 0 spiro atoms. The van der Waals surface area contributed by atoms with Gasteiger partial charge in [-0.05, 0) is 56.1 Å². The van der Waals surface area contributed by atoms with Crippen molar-refractivity contribution in [2.24, 2.45) is 0 Å². The number of Topliss-reactive ketones (excluding diaryl/α,β-unsaturated/α-hetero) is 1. The largest absolute Gasteiger partial charge is 0.497 e. The molecule has 0 aromatic heterocycles. The molecular weight excluding hydrogens is 412 g/mol. The summed E-state index contributed by atoms with van der Waals surface area (Å²) in [6.07, 6.45) is 1.13. The van der Waals surface area contributed by atoms with Gasteiger partial charge in [0.2, 0.25) is 0 Å². The van der Waals surface area contributed by atoms with E-state index in [0.29, 0.717) is 17.8 Å². The third-order valence-corrected chi connectivity index (χ3v) is 4.98. The van der Waals surface area contributed by atoms with Gasteiger partial charge in [0.15, 0.2) is 5.78 Å². The van der Waals surface area contributed by atoms with Crippen LogP contribution in [0.5, 0.6) is 5.75 Å². The second-order valence-corrected chi connectivity index (χ2v) is 7.36. The SMILES string of the molecule is COC(=O)C(C)Nc1ccccc1C(=O)[C@H](CC(=O)O)NCCCc1cccc(OC)c1. The van der Waals surface area contributed by atoms with E-state index in [2.05, 4.69) is 10.6 Å². The number of benzene rings is 2. The lowest BCUT2D eigenvalue weighted by atomic mass is 9.99. The smallest absolute Gasteiger partial charge is 0.327 e. The second-order valence-electron chi connectivity index (χ2n) is 7.36. The normalized spacial score (nSPS) is 12.5. The van der Waals surface area contributed by atoms with Crippen molar-refractivity contribution in [2.45, 2.75) is 38.3 Å². The van der Waals surface area contributed by atoms with Crippen LogP contribution in [0.15, 0.2) is 48.5 Å². The third-order valence-electron chi connectivity index (χ3n) is 4.98. The maximum atomic E-state index is 13.2. The highest BCUT2D eigenvalue weighted by Crippen LogP contribution is 2.20. The number of aliphatic carboxylic acids is 1. The molecule has 172 valence electrons. The van der Waals surface area contributed by atoms with Crippen LogP contribution in [0.4, 0.5) is 5.69 Å². The van der Waals surface area contributed by atoms with Crippen molar-refractivity contribution in [1.82, 2.24) is 5.32 Å². The molecule has 0 aliphatic heterocycles. The van der Waals surface area contributed by atoms with Crippen LogP contribution in [0, 0.1) is 0 Å². The monoisotopic (exact) mass is 442 g/mol. The van der Waals surface area contributed by atoms with Crippen LogP contribution in [0.25, 0.3) is 0 Å². The zero-order valence-electron chi connectivity index (χ0n) is 18.6. The minimum atomic E-state index is -1.07. The first-order valence-electron chi connectivity index (χ1n) is 10.4. The first-order chi connectivity index (χ1) is 15.3. The summed E-state index contributed by atoms with van der Waals surface area (Å²) in [5.41, 5.74) is 1.86. The van der Waals surface area contributed by atoms with E-state index in [0.717, 1.165) is 24.2 Å². The van der Waals surface area contributed by atoms with Crippen molar-refractivity contribution in [3.8, 4) is 5.75 Å². The molecule has 0 saturated carbocycles. The topological polar surface area (TPSA) is 114 Å². The van der Waals surface area contributed by atoms with Crippen molar-refractivity contribution in [2.75, 3.05) is 26.1 Å². The molecule has 3 N–H and O–H groups in total. The van der Waals surface area contributed by atoms with Gasteiger partial charge in [-0.1, -0.05) is 24.3 Å². The Hall–Kier alpha value is -3.39. The highest BCUT2D eigenvalue weighted by Gasteiger charge is 2.25. The Kier molecular flexibility index (Phi) is 9.69. The van der Waals surface area contributed by atoms with Crippen molar-refractivity contribution in [1.29, 1.82) is 0 Å². The van der Waals surface area contributed by atoms with E-state index in [1.807, 2.05) is 24.3 Å². The average molecular weight is 443 g/mol. The molecule has 2 aromatic rings. The number of carboxylic acids is 1. The molecule has 0 aliphatic rings. The molecule has 2 atom stereocenters. The highest BCUT2D eigenvalue weighted by molar-refractivity contribution is 6.06. The van der Waals surface area contributed by atoms with Crippen LogP contribution in [0.3, 0.4) is 0 Å². The zero-order chi connectivity index (χ0) is 23.5. The lowest BCUT2D eigenvalue weighted by Gasteiger charge is -2.20. The quantitative estimate of drug-likeness (QED) is 0.247. The van der Waals surface area contributed by atoms with Crippen molar-refractivity contribution in [3.63, 3.8) is 0 Å². The van der Waals surface area contributed by atoms with Crippen molar-refractivity contribution >= 4 is 23.4 Å². The molecule has 8 heteroatoms. The molecule has 0 bridgehead atoms. The summed E-state index contributed by atoms with van der Waals surface area (Å²) in [6.45, 7) is 2.09. The number of carbonyl (C=O) groups is 3. The van der Waals surface area contributed by atoms with E-state index in [4.69, 9.17) is 9.47 Å². The number of rotatable bonds is 13. The predicted octanol–water partition coefficient (Wildman–Crippen LogP) is 2.92. The fourth-order valence-corrected chi connectivity index (χ4v) is 3.31. The molecule has 0 aliphatic carbocycles. The van der Waals surface area contributed by atoms with Gasteiger partial charge in [0, 0.05) is 11.3 Å². The minimum absolute atomic E-state index is 0.315. The van der Waals surface area contributed by atoms with Crippen LogP contribution in [0.1, 0.15) is 35.7 Å². The first kappa shape index (κ1) is 24.9. The van der Waals surface area contributed by atoms with Gasteiger partial charge in [0.1, 0.15) is 11.8 Å². The Bertz CT molecular complexity index is 930. The Morgan fingerprint density at radius 2 is 1.81 bits per heavy atom. The summed E-state index contributed by atoms with van der Waals surface area (Å²) in [5.74, 6) is -1.12. The van der Waals surface area contributed by atoms with E-state index in [9.17, 15) is 19.5 Å². The molecule has 0 fully saturated rings. The summed E-state index contributed by atoms with van der Waals surface area (Å²) in [6, 6.07) is 12.9. The zero-order valence-corrected chi connectivity index (χ0v) is 18.6. The Morgan fingerprint density at radius 1 is 1.06 bits per heavy atom. The number of hydrogen-bond acceptors (Lipinski definition) is 7. The number of nitrogens with one attached hydrogen (secondary N) is 2. The molecule has 0 saturated heterocycles. The predicted molar refractivity (Wildman–Crippen MR) is 121 cm³/mol. The fraction of sp³-hybridized carbons (Fsp3) is 0.375.